The first-order valence-corrected chi connectivity index (χ1v) is 22.0. The van der Waals surface area contributed by atoms with Gasteiger partial charge in [0.1, 0.15) is 5.00 Å². The fourth-order valence-electron chi connectivity index (χ4n) is 7.17. The number of hydrogen-bond donors (Lipinski definition) is 1. The van der Waals surface area contributed by atoms with Gasteiger partial charge in [0.15, 0.2) is 16.8 Å². The number of fused-ring (bicyclic) bond motifs is 1. The Hall–Kier alpha value is -4.14. The third-order valence-corrected chi connectivity index (χ3v) is 14.4. The van der Waals surface area contributed by atoms with Gasteiger partial charge >= 0.3 is 0 Å². The van der Waals surface area contributed by atoms with Crippen LogP contribution in [-0.4, -0.2) is 71.2 Å². The number of aromatic nitrogens is 3. The first-order valence-electron chi connectivity index (χ1n) is 18.7. The van der Waals surface area contributed by atoms with Crippen LogP contribution in [0.3, 0.4) is 0 Å². The van der Waals surface area contributed by atoms with E-state index < -0.39 is 10.0 Å². The fraction of sp³-hybridized carbons (Fsp3) is 0.381. The molecule has 10 nitrogen and oxygen atoms in total. The number of benzene rings is 3. The molecule has 13 heteroatoms. The second-order valence-electron chi connectivity index (χ2n) is 15.4. The van der Waals surface area contributed by atoms with Crippen LogP contribution in [-0.2, 0) is 37.8 Å². The molecule has 1 N–H and O–H groups in total. The van der Waals surface area contributed by atoms with Crippen LogP contribution in [0.25, 0.3) is 11.4 Å². The monoisotopic (exact) mass is 797 g/mol. The smallest absolute Gasteiger partial charge is 0.243 e. The number of nitrogens with zero attached hydrogens (tertiary/aromatic N) is 4. The van der Waals surface area contributed by atoms with E-state index in [2.05, 4.69) is 43.2 Å². The standard InChI is InChI=1S/C42H47N5O5S3/c1-27-14-19-34-35(24-27)54-40(37(34)38(49)30-15-17-32(18-16-30)42(3,4)5)43-36(48)26-53-41-45-44-39(47(41)28(2)29-10-7-6-8-11-29)31-12-9-13-33(25-31)55(50,51)46-20-22-52-23-21-46/h6-13,15-18,25,27-28H,14,19-24,26H2,1-5H3,(H,43,48). The van der Waals surface area contributed by atoms with Crippen molar-refractivity contribution in [3.05, 3.63) is 112 Å². The largest absolute Gasteiger partial charge is 0.379 e. The third kappa shape index (κ3) is 8.36. The van der Waals surface area contributed by atoms with Crippen molar-refractivity contribution < 1.29 is 22.7 Å². The molecule has 1 fully saturated rings. The number of carbonyl (C=O) groups is 2. The van der Waals surface area contributed by atoms with Crippen molar-refractivity contribution in [2.75, 3.05) is 37.4 Å². The van der Waals surface area contributed by atoms with Gasteiger partial charge in [-0.3, -0.25) is 14.2 Å². The van der Waals surface area contributed by atoms with E-state index in [-0.39, 0.29) is 33.8 Å². The van der Waals surface area contributed by atoms with Crippen LogP contribution in [0, 0.1) is 5.92 Å². The number of sulfonamides is 1. The number of carbonyl (C=O) groups excluding carboxylic acids is 2. The molecular formula is C42H47N5O5S3. The lowest BCUT2D eigenvalue weighted by atomic mass is 9.85. The summed E-state index contributed by atoms with van der Waals surface area (Å²) >= 11 is 2.76. The fourth-order valence-corrected chi connectivity index (χ4v) is 10.9. The van der Waals surface area contributed by atoms with Crippen LogP contribution < -0.4 is 5.32 Å². The number of thiophene rings is 1. The highest BCUT2D eigenvalue weighted by molar-refractivity contribution is 7.99. The number of nitrogens with one attached hydrogen (secondary N) is 1. The number of morpholine rings is 1. The molecule has 3 heterocycles. The minimum Gasteiger partial charge on any atom is -0.379 e. The molecule has 5 aromatic rings. The SMILES string of the molecule is CC1CCc2c(sc(NC(=O)CSc3nnc(-c4cccc(S(=O)(=O)N5CCOCC5)c4)n3C(C)c3ccccc3)c2C(=O)c2ccc(C(C)(C)C)cc2)C1. The zero-order valence-corrected chi connectivity index (χ0v) is 34.3. The Morgan fingerprint density at radius 2 is 1.73 bits per heavy atom. The molecule has 2 unspecified atom stereocenters. The third-order valence-electron chi connectivity index (χ3n) is 10.4. The van der Waals surface area contributed by atoms with Gasteiger partial charge in [-0.25, -0.2) is 8.42 Å². The zero-order valence-electron chi connectivity index (χ0n) is 31.9. The van der Waals surface area contributed by atoms with E-state index >= 15 is 0 Å². The lowest BCUT2D eigenvalue weighted by Crippen LogP contribution is -2.40. The lowest BCUT2D eigenvalue weighted by Gasteiger charge is -2.26. The Morgan fingerprint density at radius 1 is 1.00 bits per heavy atom. The molecule has 288 valence electrons. The molecule has 55 heavy (non-hydrogen) atoms. The first-order chi connectivity index (χ1) is 26.3. The Balaban J connectivity index is 1.16. The van der Waals surface area contributed by atoms with E-state index in [0.717, 1.165) is 40.8 Å². The summed E-state index contributed by atoms with van der Waals surface area (Å²) in [6.45, 7) is 12.0. The number of amides is 1. The van der Waals surface area contributed by atoms with E-state index in [0.29, 0.717) is 64.9 Å². The van der Waals surface area contributed by atoms with E-state index in [9.17, 15) is 18.0 Å². The van der Waals surface area contributed by atoms with Crippen molar-refractivity contribution in [3.63, 3.8) is 0 Å². The highest BCUT2D eigenvalue weighted by Crippen LogP contribution is 2.41. The topological polar surface area (TPSA) is 123 Å². The number of anilines is 1. The molecule has 1 saturated heterocycles. The number of rotatable bonds is 11. The summed E-state index contributed by atoms with van der Waals surface area (Å²) in [5, 5.41) is 13.3. The summed E-state index contributed by atoms with van der Waals surface area (Å²) in [5.41, 5.74) is 4.97. The molecule has 1 aliphatic carbocycles. The molecule has 2 atom stereocenters. The molecule has 0 spiro atoms. The number of ketones is 1. The van der Waals surface area contributed by atoms with Crippen molar-refractivity contribution in [2.45, 2.75) is 75.4 Å². The molecule has 3 aromatic carbocycles. The Bertz CT molecular complexity index is 2290. The van der Waals surface area contributed by atoms with Crippen LogP contribution in [0.2, 0.25) is 0 Å². The quantitative estimate of drug-likeness (QED) is 0.105. The highest BCUT2D eigenvalue weighted by atomic mass is 32.2. The van der Waals surface area contributed by atoms with E-state index in [4.69, 9.17) is 4.74 Å². The maximum atomic E-state index is 14.2. The van der Waals surface area contributed by atoms with Gasteiger partial charge in [-0.2, -0.15) is 4.31 Å². The summed E-state index contributed by atoms with van der Waals surface area (Å²) in [5.74, 6) is 0.693. The summed E-state index contributed by atoms with van der Waals surface area (Å²) in [4.78, 5) is 29.3. The minimum absolute atomic E-state index is 0.0258. The van der Waals surface area contributed by atoms with E-state index in [1.165, 1.54) is 27.4 Å². The Morgan fingerprint density at radius 3 is 2.44 bits per heavy atom. The highest BCUT2D eigenvalue weighted by Gasteiger charge is 2.31. The maximum Gasteiger partial charge on any atom is 0.243 e. The summed E-state index contributed by atoms with van der Waals surface area (Å²) in [6.07, 6.45) is 2.68. The van der Waals surface area contributed by atoms with Gasteiger partial charge in [0.25, 0.3) is 0 Å². The first kappa shape index (κ1) is 39.1. The van der Waals surface area contributed by atoms with Crippen LogP contribution in [0.15, 0.2) is 88.9 Å². The normalized spacial score (nSPS) is 17.1. The molecule has 0 bridgehead atoms. The van der Waals surface area contributed by atoms with Crippen molar-refractivity contribution in [1.82, 2.24) is 19.1 Å². The van der Waals surface area contributed by atoms with E-state index in [1.54, 1.807) is 18.2 Å². The minimum atomic E-state index is -3.75. The molecule has 1 aliphatic heterocycles. The van der Waals surface area contributed by atoms with Gasteiger partial charge in [-0.05, 0) is 66.3 Å². The van der Waals surface area contributed by atoms with Crippen molar-refractivity contribution >= 4 is 49.8 Å². The second-order valence-corrected chi connectivity index (χ2v) is 19.3. The van der Waals surface area contributed by atoms with Gasteiger partial charge < -0.3 is 10.1 Å². The maximum absolute atomic E-state index is 14.2. The van der Waals surface area contributed by atoms with Crippen molar-refractivity contribution in [3.8, 4) is 11.4 Å². The van der Waals surface area contributed by atoms with Crippen LogP contribution >= 0.6 is 23.1 Å². The lowest BCUT2D eigenvalue weighted by molar-refractivity contribution is -0.113. The van der Waals surface area contributed by atoms with Gasteiger partial charge in [0.2, 0.25) is 15.9 Å². The average molecular weight is 798 g/mol. The van der Waals surface area contributed by atoms with Gasteiger partial charge in [-0.15, -0.1) is 21.5 Å². The molecule has 0 saturated carbocycles. The molecular weight excluding hydrogens is 751 g/mol. The number of hydrogen-bond acceptors (Lipinski definition) is 9. The molecule has 7 rings (SSSR count). The van der Waals surface area contributed by atoms with Gasteiger partial charge in [0.05, 0.1) is 35.5 Å². The second kappa shape index (κ2) is 16.1. The predicted octanol–water partition coefficient (Wildman–Crippen LogP) is 8.02. The van der Waals surface area contributed by atoms with Gasteiger partial charge in [0, 0.05) is 29.1 Å². The average Bonchev–Trinajstić information content (AvgIpc) is 3.77. The predicted molar refractivity (Wildman–Crippen MR) is 219 cm³/mol. The van der Waals surface area contributed by atoms with Crippen LogP contribution in [0.1, 0.15) is 84.6 Å². The van der Waals surface area contributed by atoms with Crippen molar-refractivity contribution in [2.24, 2.45) is 5.92 Å². The molecule has 2 aromatic heterocycles. The number of ether oxygens (including phenoxy) is 1. The Kier molecular flexibility index (Phi) is 11.5. The van der Waals surface area contributed by atoms with Gasteiger partial charge in [-0.1, -0.05) is 106 Å². The summed E-state index contributed by atoms with van der Waals surface area (Å²) < 4.78 is 35.9. The molecule has 1 amide bonds. The van der Waals surface area contributed by atoms with Crippen LogP contribution in [0.5, 0.6) is 0 Å². The summed E-state index contributed by atoms with van der Waals surface area (Å²) in [7, 11) is -3.75. The molecule has 0 radical (unpaired) electrons. The Labute approximate surface area is 331 Å². The summed E-state index contributed by atoms with van der Waals surface area (Å²) in [6, 6.07) is 24.3. The van der Waals surface area contributed by atoms with Crippen molar-refractivity contribution in [1.29, 1.82) is 0 Å². The zero-order chi connectivity index (χ0) is 38.9. The number of thioether (sulfide) groups is 1. The van der Waals surface area contributed by atoms with E-state index in [1.807, 2.05) is 72.2 Å². The van der Waals surface area contributed by atoms with Crippen LogP contribution in [0.4, 0.5) is 5.00 Å². The molecule has 2 aliphatic rings.